The smallest absolute Gasteiger partial charge is 0.251 e. The molecular formula is C18H22N4O3S. The third kappa shape index (κ3) is 4.33. The van der Waals surface area contributed by atoms with E-state index in [1.165, 1.54) is 11.3 Å². The van der Waals surface area contributed by atoms with E-state index in [1.54, 1.807) is 18.6 Å². The second-order valence-electron chi connectivity index (χ2n) is 6.04. The maximum absolute atomic E-state index is 12.2. The molecule has 0 radical (unpaired) electrons. The number of primary amides is 1. The van der Waals surface area contributed by atoms with Gasteiger partial charge >= 0.3 is 0 Å². The second kappa shape index (κ2) is 8.20. The molecule has 2 heterocycles. The Morgan fingerprint density at radius 3 is 2.46 bits per heavy atom. The third-order valence-electron chi connectivity index (χ3n) is 4.36. The van der Waals surface area contributed by atoms with Crippen LogP contribution in [0.1, 0.15) is 10.4 Å². The first kappa shape index (κ1) is 18.2. The molecule has 3 N–H and O–H groups in total. The van der Waals surface area contributed by atoms with Crippen molar-refractivity contribution in [2.75, 3.05) is 50.1 Å². The molecule has 0 atom stereocenters. The molecule has 0 unspecified atom stereocenters. The van der Waals surface area contributed by atoms with Crippen LogP contribution in [0.15, 0.2) is 35.7 Å². The van der Waals surface area contributed by atoms with Gasteiger partial charge < -0.3 is 20.7 Å². The van der Waals surface area contributed by atoms with Crippen molar-refractivity contribution in [2.24, 2.45) is 5.73 Å². The fraction of sp³-hybridized carbons (Fsp3) is 0.333. The van der Waals surface area contributed by atoms with Gasteiger partial charge in [-0.1, -0.05) is 0 Å². The summed E-state index contributed by atoms with van der Waals surface area (Å²) in [7, 11) is 1.65. The Balaban J connectivity index is 1.49. The van der Waals surface area contributed by atoms with E-state index in [1.807, 2.05) is 24.3 Å². The van der Waals surface area contributed by atoms with Gasteiger partial charge in [-0.05, 0) is 35.7 Å². The zero-order valence-corrected chi connectivity index (χ0v) is 15.4. The Labute approximate surface area is 156 Å². The first-order valence-corrected chi connectivity index (χ1v) is 9.23. The summed E-state index contributed by atoms with van der Waals surface area (Å²) >= 11 is 1.30. The molecule has 8 heteroatoms. The summed E-state index contributed by atoms with van der Waals surface area (Å²) in [4.78, 5) is 28.0. The molecule has 1 aliphatic heterocycles. The minimum Gasteiger partial charge on any atom is -0.497 e. The van der Waals surface area contributed by atoms with E-state index in [4.69, 9.17) is 10.5 Å². The molecule has 2 amide bonds. The highest BCUT2D eigenvalue weighted by Gasteiger charge is 2.20. The lowest BCUT2D eigenvalue weighted by molar-refractivity contribution is -0.117. The van der Waals surface area contributed by atoms with Crippen molar-refractivity contribution in [3.63, 3.8) is 0 Å². The van der Waals surface area contributed by atoms with Crippen LogP contribution in [0.25, 0.3) is 0 Å². The van der Waals surface area contributed by atoms with Gasteiger partial charge in [0.25, 0.3) is 5.91 Å². The number of piperazine rings is 1. The van der Waals surface area contributed by atoms with Crippen molar-refractivity contribution in [3.05, 3.63) is 41.3 Å². The van der Waals surface area contributed by atoms with Crippen molar-refractivity contribution in [3.8, 4) is 5.75 Å². The van der Waals surface area contributed by atoms with E-state index >= 15 is 0 Å². The average Bonchev–Trinajstić information content (AvgIpc) is 3.11. The quantitative estimate of drug-likeness (QED) is 0.802. The van der Waals surface area contributed by atoms with Gasteiger partial charge in [0.1, 0.15) is 10.8 Å². The number of anilines is 2. The van der Waals surface area contributed by atoms with Gasteiger partial charge in [0, 0.05) is 31.9 Å². The molecule has 0 bridgehead atoms. The van der Waals surface area contributed by atoms with Gasteiger partial charge in [-0.15, -0.1) is 11.3 Å². The standard InChI is InChI=1S/C18H22N4O3S/c1-25-14-4-2-13(3-5-14)22-9-7-21(8-10-22)12-16(23)20-18-15(17(19)24)6-11-26-18/h2-6,11H,7-10,12H2,1H3,(H2,19,24)(H,20,23). The first-order valence-electron chi connectivity index (χ1n) is 8.35. The summed E-state index contributed by atoms with van der Waals surface area (Å²) < 4.78 is 5.18. The molecule has 3 rings (SSSR count). The van der Waals surface area contributed by atoms with E-state index in [0.717, 1.165) is 37.6 Å². The highest BCUT2D eigenvalue weighted by atomic mass is 32.1. The van der Waals surface area contributed by atoms with Crippen LogP contribution in [0, 0.1) is 0 Å². The topological polar surface area (TPSA) is 87.9 Å². The number of hydrogen-bond acceptors (Lipinski definition) is 6. The Morgan fingerprint density at radius 2 is 1.85 bits per heavy atom. The Bertz CT molecular complexity index is 767. The minimum atomic E-state index is -0.533. The summed E-state index contributed by atoms with van der Waals surface area (Å²) in [5, 5.41) is 5.04. The van der Waals surface area contributed by atoms with Crippen LogP contribution in [0.3, 0.4) is 0 Å². The van der Waals surface area contributed by atoms with E-state index in [9.17, 15) is 9.59 Å². The maximum Gasteiger partial charge on any atom is 0.251 e. The van der Waals surface area contributed by atoms with E-state index in [0.29, 0.717) is 17.1 Å². The van der Waals surface area contributed by atoms with Gasteiger partial charge in [0.15, 0.2) is 0 Å². The number of carbonyl (C=O) groups excluding carboxylic acids is 2. The Hall–Kier alpha value is -2.58. The number of carbonyl (C=O) groups is 2. The van der Waals surface area contributed by atoms with Gasteiger partial charge in [0.2, 0.25) is 5.91 Å². The van der Waals surface area contributed by atoms with Gasteiger partial charge in [0.05, 0.1) is 19.2 Å². The molecule has 0 aliphatic carbocycles. The van der Waals surface area contributed by atoms with Crippen LogP contribution in [-0.2, 0) is 4.79 Å². The summed E-state index contributed by atoms with van der Waals surface area (Å²) in [5.74, 6) is 0.176. The number of nitrogens with two attached hydrogens (primary N) is 1. The van der Waals surface area contributed by atoms with E-state index < -0.39 is 5.91 Å². The number of thiophene rings is 1. The Kier molecular flexibility index (Phi) is 5.75. The number of ether oxygens (including phenoxy) is 1. The van der Waals surface area contributed by atoms with Gasteiger partial charge in [-0.3, -0.25) is 14.5 Å². The van der Waals surface area contributed by atoms with Crippen LogP contribution in [0.2, 0.25) is 0 Å². The third-order valence-corrected chi connectivity index (χ3v) is 5.19. The predicted octanol–water partition coefficient (Wildman–Crippen LogP) is 1.62. The average molecular weight is 374 g/mol. The summed E-state index contributed by atoms with van der Waals surface area (Å²) in [6.45, 7) is 3.60. The van der Waals surface area contributed by atoms with Gasteiger partial charge in [-0.25, -0.2) is 0 Å². The largest absolute Gasteiger partial charge is 0.497 e. The summed E-state index contributed by atoms with van der Waals surface area (Å²) in [6.07, 6.45) is 0. The lowest BCUT2D eigenvalue weighted by Crippen LogP contribution is -2.48. The van der Waals surface area contributed by atoms with Crippen molar-refractivity contribution >= 4 is 33.8 Å². The monoisotopic (exact) mass is 374 g/mol. The second-order valence-corrected chi connectivity index (χ2v) is 6.95. The van der Waals surface area contributed by atoms with Gasteiger partial charge in [-0.2, -0.15) is 0 Å². The zero-order valence-electron chi connectivity index (χ0n) is 14.6. The van der Waals surface area contributed by atoms with Crippen LogP contribution in [0.5, 0.6) is 5.75 Å². The number of rotatable bonds is 6. The van der Waals surface area contributed by atoms with Crippen LogP contribution >= 0.6 is 11.3 Å². The SMILES string of the molecule is COc1ccc(N2CCN(CC(=O)Nc3sccc3C(N)=O)CC2)cc1. The molecule has 0 spiro atoms. The number of nitrogens with one attached hydrogen (secondary N) is 1. The maximum atomic E-state index is 12.2. The number of nitrogens with zero attached hydrogens (tertiary/aromatic N) is 2. The normalized spacial score (nSPS) is 14.9. The molecule has 7 nitrogen and oxygen atoms in total. The van der Waals surface area contributed by atoms with Crippen molar-refractivity contribution in [1.29, 1.82) is 0 Å². The Morgan fingerprint density at radius 1 is 1.15 bits per heavy atom. The lowest BCUT2D eigenvalue weighted by Gasteiger charge is -2.35. The molecule has 1 aromatic carbocycles. The van der Waals surface area contributed by atoms with Crippen molar-refractivity contribution in [2.45, 2.75) is 0 Å². The highest BCUT2D eigenvalue weighted by molar-refractivity contribution is 7.14. The number of amides is 2. The molecular weight excluding hydrogens is 352 g/mol. The highest BCUT2D eigenvalue weighted by Crippen LogP contribution is 2.23. The van der Waals surface area contributed by atoms with Crippen LogP contribution in [-0.4, -0.2) is 56.5 Å². The predicted molar refractivity (Wildman–Crippen MR) is 103 cm³/mol. The first-order chi connectivity index (χ1) is 12.6. The minimum absolute atomic E-state index is 0.132. The number of benzene rings is 1. The number of methoxy groups -OCH3 is 1. The molecule has 26 heavy (non-hydrogen) atoms. The van der Waals surface area contributed by atoms with Crippen molar-refractivity contribution in [1.82, 2.24) is 4.90 Å². The molecule has 0 saturated carbocycles. The molecule has 138 valence electrons. The molecule has 1 aliphatic rings. The van der Waals surface area contributed by atoms with E-state index in [2.05, 4.69) is 15.1 Å². The van der Waals surface area contributed by atoms with E-state index in [-0.39, 0.29) is 5.91 Å². The number of hydrogen-bond donors (Lipinski definition) is 2. The molecule has 1 fully saturated rings. The fourth-order valence-electron chi connectivity index (χ4n) is 2.93. The van der Waals surface area contributed by atoms with Crippen LogP contribution in [0.4, 0.5) is 10.7 Å². The summed E-state index contributed by atoms with van der Waals surface area (Å²) in [6, 6.07) is 9.61. The zero-order chi connectivity index (χ0) is 18.5. The molecule has 1 aromatic heterocycles. The lowest BCUT2D eigenvalue weighted by atomic mass is 10.2. The van der Waals surface area contributed by atoms with Crippen LogP contribution < -0.4 is 20.7 Å². The fourth-order valence-corrected chi connectivity index (χ4v) is 3.74. The van der Waals surface area contributed by atoms with Crippen molar-refractivity contribution < 1.29 is 14.3 Å². The molecule has 2 aromatic rings. The summed E-state index contributed by atoms with van der Waals surface area (Å²) in [5.41, 5.74) is 6.81. The molecule has 1 saturated heterocycles.